The third kappa shape index (κ3) is 6.17. The van der Waals surface area contributed by atoms with Crippen molar-refractivity contribution in [1.82, 2.24) is 4.90 Å². The van der Waals surface area contributed by atoms with Gasteiger partial charge in [0, 0.05) is 16.7 Å². The van der Waals surface area contributed by atoms with Gasteiger partial charge in [0.2, 0.25) is 0 Å². The molecule has 0 bridgehead atoms. The second-order valence-corrected chi connectivity index (χ2v) is 10.4. The number of thioether (sulfide) groups is 1. The van der Waals surface area contributed by atoms with Crippen LogP contribution in [0.1, 0.15) is 28.4 Å². The molecule has 1 fully saturated rings. The number of nitrogens with zero attached hydrogens (tertiary/aromatic N) is 2. The lowest BCUT2D eigenvalue weighted by Crippen LogP contribution is -2.27. The first-order valence-corrected chi connectivity index (χ1v) is 13.4. The average molecular weight is 665 g/mol. The van der Waals surface area contributed by atoms with Gasteiger partial charge in [0.05, 0.1) is 32.1 Å². The lowest BCUT2D eigenvalue weighted by atomic mass is 10.1. The molecule has 0 atom stereocenters. The fourth-order valence-corrected chi connectivity index (χ4v) is 5.25. The standard InChI is InChI=1S/C26H18ClIN2O7S/c1-2-36-21-12-15(11-19(28)23(21)37-25(32)16-7-9-18(27)10-8-16)13-22-24(31)29(26(33)38-22)14-17-5-3-4-6-20(17)30(34)35/h3-13H,2,14H2,1H3/b22-13-. The van der Waals surface area contributed by atoms with Crippen LogP contribution in [0.2, 0.25) is 5.02 Å². The number of amides is 2. The molecule has 12 heteroatoms. The Morgan fingerprint density at radius 3 is 2.55 bits per heavy atom. The molecule has 3 aromatic carbocycles. The molecule has 0 radical (unpaired) electrons. The zero-order chi connectivity index (χ0) is 27.4. The third-order valence-corrected chi connectivity index (χ3v) is 7.26. The summed E-state index contributed by atoms with van der Waals surface area (Å²) in [5.74, 6) is -0.657. The van der Waals surface area contributed by atoms with Crippen LogP contribution in [0.3, 0.4) is 0 Å². The number of hydrogen-bond donors (Lipinski definition) is 0. The highest BCUT2D eigenvalue weighted by Crippen LogP contribution is 2.38. The number of ether oxygens (including phenoxy) is 2. The van der Waals surface area contributed by atoms with Gasteiger partial charge in [0.25, 0.3) is 16.8 Å². The molecule has 0 unspecified atom stereocenters. The van der Waals surface area contributed by atoms with E-state index in [-0.39, 0.29) is 40.8 Å². The molecule has 1 aliphatic heterocycles. The van der Waals surface area contributed by atoms with Gasteiger partial charge >= 0.3 is 5.97 Å². The fourth-order valence-electron chi connectivity index (χ4n) is 3.55. The maximum absolute atomic E-state index is 13.0. The monoisotopic (exact) mass is 664 g/mol. The van der Waals surface area contributed by atoms with Crippen molar-refractivity contribution >= 4 is 74.8 Å². The van der Waals surface area contributed by atoms with Gasteiger partial charge in [-0.3, -0.25) is 24.6 Å². The van der Waals surface area contributed by atoms with Crippen molar-refractivity contribution < 1.29 is 28.8 Å². The summed E-state index contributed by atoms with van der Waals surface area (Å²) in [6, 6.07) is 15.5. The van der Waals surface area contributed by atoms with Gasteiger partial charge in [-0.05, 0) is 89.3 Å². The van der Waals surface area contributed by atoms with E-state index in [2.05, 4.69) is 0 Å². The number of esters is 1. The highest BCUT2D eigenvalue weighted by atomic mass is 127. The molecule has 38 heavy (non-hydrogen) atoms. The molecule has 1 heterocycles. The predicted molar refractivity (Wildman–Crippen MR) is 151 cm³/mol. The summed E-state index contributed by atoms with van der Waals surface area (Å²) in [6.45, 7) is 1.84. The van der Waals surface area contributed by atoms with Crippen molar-refractivity contribution in [2.75, 3.05) is 6.61 Å². The first kappa shape index (κ1) is 27.6. The van der Waals surface area contributed by atoms with Crippen LogP contribution in [-0.4, -0.2) is 33.5 Å². The van der Waals surface area contributed by atoms with Gasteiger partial charge in [0.15, 0.2) is 11.5 Å². The highest BCUT2D eigenvalue weighted by molar-refractivity contribution is 14.1. The van der Waals surface area contributed by atoms with Crippen LogP contribution in [0.15, 0.2) is 65.6 Å². The number of hydrogen-bond acceptors (Lipinski definition) is 8. The first-order valence-electron chi connectivity index (χ1n) is 11.1. The maximum Gasteiger partial charge on any atom is 0.343 e. The minimum absolute atomic E-state index is 0.151. The molecule has 0 saturated carbocycles. The van der Waals surface area contributed by atoms with E-state index in [1.165, 1.54) is 24.3 Å². The minimum Gasteiger partial charge on any atom is -0.490 e. The highest BCUT2D eigenvalue weighted by Gasteiger charge is 2.36. The molecular weight excluding hydrogens is 647 g/mol. The largest absolute Gasteiger partial charge is 0.490 e. The Morgan fingerprint density at radius 2 is 1.87 bits per heavy atom. The van der Waals surface area contributed by atoms with Crippen LogP contribution < -0.4 is 9.47 Å². The van der Waals surface area contributed by atoms with E-state index in [1.54, 1.807) is 49.4 Å². The van der Waals surface area contributed by atoms with Crippen molar-refractivity contribution in [3.8, 4) is 11.5 Å². The number of carbonyl (C=O) groups is 3. The average Bonchev–Trinajstić information content (AvgIpc) is 3.14. The summed E-state index contributed by atoms with van der Waals surface area (Å²) in [5.41, 5.74) is 0.931. The molecule has 0 N–H and O–H groups in total. The second-order valence-electron chi connectivity index (χ2n) is 7.81. The van der Waals surface area contributed by atoms with E-state index in [9.17, 15) is 24.5 Å². The smallest absolute Gasteiger partial charge is 0.343 e. The summed E-state index contributed by atoms with van der Waals surface area (Å²) in [7, 11) is 0. The molecule has 0 aromatic heterocycles. The fraction of sp³-hybridized carbons (Fsp3) is 0.115. The zero-order valence-corrected chi connectivity index (χ0v) is 23.4. The normalized spacial score (nSPS) is 14.2. The number of imide groups is 1. The van der Waals surface area contributed by atoms with Gasteiger partial charge in [-0.1, -0.05) is 29.8 Å². The summed E-state index contributed by atoms with van der Waals surface area (Å²) < 4.78 is 11.8. The van der Waals surface area contributed by atoms with Crippen molar-refractivity contribution in [3.63, 3.8) is 0 Å². The Labute approximate surface area is 240 Å². The van der Waals surface area contributed by atoms with Crippen molar-refractivity contribution in [1.29, 1.82) is 0 Å². The van der Waals surface area contributed by atoms with E-state index >= 15 is 0 Å². The lowest BCUT2D eigenvalue weighted by Gasteiger charge is -2.14. The van der Waals surface area contributed by atoms with Crippen LogP contribution in [0.25, 0.3) is 6.08 Å². The van der Waals surface area contributed by atoms with Gasteiger partial charge in [-0.25, -0.2) is 4.79 Å². The number of carbonyl (C=O) groups excluding carboxylic acids is 3. The van der Waals surface area contributed by atoms with Crippen LogP contribution in [-0.2, 0) is 11.3 Å². The van der Waals surface area contributed by atoms with E-state index in [4.69, 9.17) is 21.1 Å². The van der Waals surface area contributed by atoms with Crippen LogP contribution in [0.4, 0.5) is 10.5 Å². The molecule has 9 nitrogen and oxygen atoms in total. The van der Waals surface area contributed by atoms with Gasteiger partial charge in [-0.2, -0.15) is 0 Å². The molecule has 4 rings (SSSR count). The SMILES string of the molecule is CCOc1cc(/C=C2\SC(=O)N(Cc3ccccc3[N+](=O)[O-])C2=O)cc(I)c1OC(=O)c1ccc(Cl)cc1. The number of nitro groups is 1. The number of nitro benzene ring substituents is 1. The van der Waals surface area contributed by atoms with Crippen molar-refractivity contribution in [2.24, 2.45) is 0 Å². The Bertz CT molecular complexity index is 1480. The Hall–Kier alpha value is -3.42. The van der Waals surface area contributed by atoms with Gasteiger partial charge in [0.1, 0.15) is 0 Å². The van der Waals surface area contributed by atoms with E-state index < -0.39 is 22.0 Å². The van der Waals surface area contributed by atoms with Crippen molar-refractivity contribution in [3.05, 3.63) is 101 Å². The molecule has 194 valence electrons. The quantitative estimate of drug-likeness (QED) is 0.0652. The molecular formula is C26H18ClIN2O7S. The summed E-state index contributed by atoms with van der Waals surface area (Å²) in [5, 5.41) is 11.3. The molecule has 1 saturated heterocycles. The van der Waals surface area contributed by atoms with Gasteiger partial charge in [-0.15, -0.1) is 0 Å². The molecule has 0 spiro atoms. The Balaban J connectivity index is 1.59. The zero-order valence-electron chi connectivity index (χ0n) is 19.7. The summed E-state index contributed by atoms with van der Waals surface area (Å²) in [4.78, 5) is 50.2. The summed E-state index contributed by atoms with van der Waals surface area (Å²) in [6.07, 6.45) is 1.53. The van der Waals surface area contributed by atoms with Crippen LogP contribution in [0, 0.1) is 13.7 Å². The second kappa shape index (κ2) is 12.0. The van der Waals surface area contributed by atoms with E-state index in [1.807, 2.05) is 22.6 Å². The van der Waals surface area contributed by atoms with E-state index in [0.717, 1.165) is 16.7 Å². The lowest BCUT2D eigenvalue weighted by molar-refractivity contribution is -0.385. The topological polar surface area (TPSA) is 116 Å². The number of benzene rings is 3. The third-order valence-electron chi connectivity index (χ3n) is 5.29. The Kier molecular flexibility index (Phi) is 8.69. The van der Waals surface area contributed by atoms with Crippen LogP contribution >= 0.6 is 46.0 Å². The molecule has 0 aliphatic carbocycles. The number of para-hydroxylation sites is 1. The van der Waals surface area contributed by atoms with Crippen molar-refractivity contribution in [2.45, 2.75) is 13.5 Å². The van der Waals surface area contributed by atoms with Gasteiger partial charge < -0.3 is 9.47 Å². The number of rotatable bonds is 8. The van der Waals surface area contributed by atoms with Crippen LogP contribution in [0.5, 0.6) is 11.5 Å². The maximum atomic E-state index is 13.0. The Morgan fingerprint density at radius 1 is 1.16 bits per heavy atom. The minimum atomic E-state index is -0.593. The molecule has 1 aliphatic rings. The van der Waals surface area contributed by atoms with E-state index in [0.29, 0.717) is 19.7 Å². The summed E-state index contributed by atoms with van der Waals surface area (Å²) >= 11 is 8.62. The predicted octanol–water partition coefficient (Wildman–Crippen LogP) is 6.71. The number of halogens is 2. The first-order chi connectivity index (χ1) is 18.2. The molecule has 2 amide bonds. The molecule has 3 aromatic rings.